The van der Waals surface area contributed by atoms with Crippen LogP contribution in [0.5, 0.6) is 0 Å². The van der Waals surface area contributed by atoms with E-state index in [1.165, 1.54) is 21.4 Å². The number of carbonyl (C=O) groups is 1. The van der Waals surface area contributed by atoms with Crippen LogP contribution >= 0.6 is 11.6 Å². The molecule has 0 spiro atoms. The number of halogens is 1. The van der Waals surface area contributed by atoms with E-state index < -0.39 is 10.0 Å². The number of benzene rings is 2. The Balaban J connectivity index is 1.32. The molecule has 3 aromatic rings. The molecule has 0 atom stereocenters. The first kappa shape index (κ1) is 23.4. The maximum atomic E-state index is 13.2. The van der Waals surface area contributed by atoms with Crippen LogP contribution in [-0.2, 0) is 16.4 Å². The molecule has 2 aromatic carbocycles. The van der Waals surface area contributed by atoms with Crippen LogP contribution < -0.4 is 14.8 Å². The van der Waals surface area contributed by atoms with E-state index in [0.717, 1.165) is 5.56 Å². The molecular weight excluding hydrogens is 490 g/mol. The third kappa shape index (κ3) is 4.39. The molecule has 0 N–H and O–H groups in total. The molecule has 5 rings (SSSR count). The molecule has 182 valence electrons. The van der Waals surface area contributed by atoms with E-state index in [1.807, 2.05) is 23.1 Å². The van der Waals surface area contributed by atoms with Gasteiger partial charge >= 0.3 is 0 Å². The molecule has 0 bridgehead atoms. The van der Waals surface area contributed by atoms with Gasteiger partial charge in [-0.1, -0.05) is 29.8 Å². The Morgan fingerprint density at radius 3 is 2.40 bits per heavy atom. The number of amides is 1. The van der Waals surface area contributed by atoms with Gasteiger partial charge in [0.05, 0.1) is 28.9 Å². The second kappa shape index (κ2) is 9.01. The first-order valence-electron chi connectivity index (χ1n) is 11.2. The van der Waals surface area contributed by atoms with E-state index in [2.05, 4.69) is 5.10 Å². The van der Waals surface area contributed by atoms with Crippen molar-refractivity contribution in [3.05, 3.63) is 81.2 Å². The molecule has 35 heavy (non-hydrogen) atoms. The van der Waals surface area contributed by atoms with E-state index in [-0.39, 0.29) is 16.5 Å². The van der Waals surface area contributed by atoms with Crippen molar-refractivity contribution in [3.63, 3.8) is 0 Å². The molecule has 11 heteroatoms. The minimum absolute atomic E-state index is 0.118. The highest BCUT2D eigenvalue weighted by atomic mass is 35.5. The normalized spacial score (nSPS) is 15.9. The smallest absolute Gasteiger partial charge is 0.296 e. The summed E-state index contributed by atoms with van der Waals surface area (Å²) in [5.41, 5.74) is 2.73. The Labute approximate surface area is 208 Å². The summed E-state index contributed by atoms with van der Waals surface area (Å²) in [6.07, 6.45) is 3.23. The SMILES string of the molecule is CS(=O)(=O)N1CCc2cc(C(=O)N3CCN(c4c(Cl)cnn(-c5ccccc5)c4=O)CC3)ccc21. The molecule has 0 aliphatic carbocycles. The number of aromatic nitrogens is 2. The zero-order valence-corrected chi connectivity index (χ0v) is 20.7. The summed E-state index contributed by atoms with van der Waals surface area (Å²) in [4.78, 5) is 30.0. The first-order valence-corrected chi connectivity index (χ1v) is 13.4. The van der Waals surface area contributed by atoms with Crippen molar-refractivity contribution >= 4 is 38.9 Å². The third-order valence-corrected chi connectivity index (χ3v) is 7.83. The number of para-hydroxylation sites is 1. The van der Waals surface area contributed by atoms with Gasteiger partial charge in [0.25, 0.3) is 11.5 Å². The lowest BCUT2D eigenvalue weighted by molar-refractivity contribution is 0.0746. The third-order valence-electron chi connectivity index (χ3n) is 6.37. The van der Waals surface area contributed by atoms with Gasteiger partial charge in [-0.05, 0) is 42.3 Å². The van der Waals surface area contributed by atoms with Crippen molar-refractivity contribution in [3.8, 4) is 5.69 Å². The maximum absolute atomic E-state index is 13.2. The summed E-state index contributed by atoms with van der Waals surface area (Å²) in [6, 6.07) is 14.3. The lowest BCUT2D eigenvalue weighted by Crippen LogP contribution is -2.50. The van der Waals surface area contributed by atoms with Gasteiger partial charge in [0.1, 0.15) is 5.69 Å². The average molecular weight is 514 g/mol. The Bertz CT molecular complexity index is 1450. The number of rotatable bonds is 4. The van der Waals surface area contributed by atoms with E-state index in [4.69, 9.17) is 11.6 Å². The fourth-order valence-corrected chi connectivity index (χ4v) is 5.83. The summed E-state index contributed by atoms with van der Waals surface area (Å²) in [5.74, 6) is -0.118. The molecule has 0 radical (unpaired) electrons. The van der Waals surface area contributed by atoms with Crippen LogP contribution in [0.3, 0.4) is 0 Å². The van der Waals surface area contributed by atoms with Gasteiger partial charge in [0.15, 0.2) is 0 Å². The van der Waals surface area contributed by atoms with Gasteiger partial charge in [-0.2, -0.15) is 9.78 Å². The predicted molar refractivity (Wildman–Crippen MR) is 135 cm³/mol. The van der Waals surface area contributed by atoms with Gasteiger partial charge in [0, 0.05) is 38.3 Å². The molecule has 1 aromatic heterocycles. The molecular formula is C24H24ClN5O4S. The quantitative estimate of drug-likeness (QED) is 0.530. The average Bonchev–Trinajstić information content (AvgIpc) is 3.29. The molecule has 2 aliphatic rings. The molecule has 9 nitrogen and oxygen atoms in total. The first-order chi connectivity index (χ1) is 16.7. The van der Waals surface area contributed by atoms with Crippen LogP contribution in [0.1, 0.15) is 15.9 Å². The molecule has 2 aliphatic heterocycles. The van der Waals surface area contributed by atoms with E-state index in [0.29, 0.717) is 61.8 Å². The highest BCUT2D eigenvalue weighted by Crippen LogP contribution is 2.31. The van der Waals surface area contributed by atoms with Crippen molar-refractivity contribution in [1.29, 1.82) is 0 Å². The van der Waals surface area contributed by atoms with Crippen molar-refractivity contribution in [1.82, 2.24) is 14.7 Å². The van der Waals surface area contributed by atoms with Crippen LogP contribution in [0.25, 0.3) is 5.69 Å². The van der Waals surface area contributed by atoms with Crippen LogP contribution in [0, 0.1) is 0 Å². The summed E-state index contributed by atoms with van der Waals surface area (Å²) >= 11 is 6.37. The zero-order chi connectivity index (χ0) is 24.7. The van der Waals surface area contributed by atoms with Crippen molar-refractivity contribution < 1.29 is 13.2 Å². The maximum Gasteiger partial charge on any atom is 0.296 e. The topological polar surface area (TPSA) is 95.8 Å². The molecule has 3 heterocycles. The highest BCUT2D eigenvalue weighted by Gasteiger charge is 2.29. The van der Waals surface area contributed by atoms with Gasteiger partial charge in [0.2, 0.25) is 10.0 Å². The predicted octanol–water partition coefficient (Wildman–Crippen LogP) is 2.17. The molecule has 0 unspecified atom stereocenters. The summed E-state index contributed by atoms with van der Waals surface area (Å²) in [7, 11) is -3.34. The number of sulfonamides is 1. The van der Waals surface area contributed by atoms with Crippen LogP contribution in [-0.4, -0.2) is 68.0 Å². The Hall–Kier alpha value is -3.37. The van der Waals surface area contributed by atoms with Gasteiger partial charge in [-0.15, -0.1) is 0 Å². The second-order valence-electron chi connectivity index (χ2n) is 8.60. The van der Waals surface area contributed by atoms with Crippen molar-refractivity contribution in [2.24, 2.45) is 0 Å². The van der Waals surface area contributed by atoms with Crippen LogP contribution in [0.15, 0.2) is 59.5 Å². The standard InChI is InChI=1S/C24H24ClN5O4S/c1-35(33,34)29-10-9-17-15-18(7-8-21(17)29)23(31)28-13-11-27(12-14-28)22-20(25)16-26-30(24(22)32)19-5-3-2-4-6-19/h2-8,15-16H,9-14H2,1H3. The van der Waals surface area contributed by atoms with E-state index in [1.54, 1.807) is 35.2 Å². The number of hydrogen-bond donors (Lipinski definition) is 0. The minimum Gasteiger partial charge on any atom is -0.362 e. The van der Waals surface area contributed by atoms with E-state index in [9.17, 15) is 18.0 Å². The lowest BCUT2D eigenvalue weighted by Gasteiger charge is -2.36. The number of fused-ring (bicyclic) bond motifs is 1. The fraction of sp³-hybridized carbons (Fsp3) is 0.292. The Morgan fingerprint density at radius 2 is 1.71 bits per heavy atom. The minimum atomic E-state index is -3.34. The van der Waals surface area contributed by atoms with Crippen LogP contribution in [0.2, 0.25) is 5.02 Å². The zero-order valence-electron chi connectivity index (χ0n) is 19.1. The number of piperazine rings is 1. The Morgan fingerprint density at radius 1 is 1.00 bits per heavy atom. The number of carbonyl (C=O) groups excluding carboxylic acids is 1. The van der Waals surface area contributed by atoms with Gasteiger partial charge < -0.3 is 9.80 Å². The van der Waals surface area contributed by atoms with Crippen molar-refractivity contribution in [2.45, 2.75) is 6.42 Å². The largest absolute Gasteiger partial charge is 0.362 e. The second-order valence-corrected chi connectivity index (χ2v) is 10.9. The molecule has 1 fully saturated rings. The monoisotopic (exact) mass is 513 g/mol. The summed E-state index contributed by atoms with van der Waals surface area (Å²) in [5, 5.41) is 4.45. The lowest BCUT2D eigenvalue weighted by atomic mass is 10.1. The number of nitrogens with zero attached hydrogens (tertiary/aromatic N) is 5. The highest BCUT2D eigenvalue weighted by molar-refractivity contribution is 7.92. The summed E-state index contributed by atoms with van der Waals surface area (Å²) < 4.78 is 26.6. The number of hydrogen-bond acceptors (Lipinski definition) is 6. The summed E-state index contributed by atoms with van der Waals surface area (Å²) in [6.45, 7) is 2.14. The number of anilines is 2. The molecule has 1 amide bonds. The molecule has 1 saturated heterocycles. The van der Waals surface area contributed by atoms with Gasteiger partial charge in [-0.25, -0.2) is 8.42 Å². The van der Waals surface area contributed by atoms with Crippen LogP contribution in [0.4, 0.5) is 11.4 Å². The van der Waals surface area contributed by atoms with E-state index >= 15 is 0 Å². The Kier molecular flexibility index (Phi) is 6.02. The molecule has 0 saturated carbocycles. The fourth-order valence-electron chi connectivity index (χ4n) is 4.63. The van der Waals surface area contributed by atoms with Crippen molar-refractivity contribution in [2.75, 3.05) is 48.2 Å². The van der Waals surface area contributed by atoms with Gasteiger partial charge in [-0.3, -0.25) is 13.9 Å².